The molecule has 208 valence electrons. The number of ketones is 1. The minimum absolute atomic E-state index is 0.0288. The second-order valence-corrected chi connectivity index (χ2v) is 11.9. The Morgan fingerprint density at radius 3 is 2.31 bits per heavy atom. The van der Waals surface area contributed by atoms with Crippen molar-refractivity contribution in [2.24, 2.45) is 11.8 Å². The summed E-state index contributed by atoms with van der Waals surface area (Å²) < 4.78 is 29.8. The van der Waals surface area contributed by atoms with Crippen LogP contribution >= 0.6 is 11.6 Å². The maximum absolute atomic E-state index is 15.2. The normalized spacial score (nSPS) is 20.3. The zero-order valence-electron chi connectivity index (χ0n) is 22.5. The third kappa shape index (κ3) is 6.28. The monoisotopic (exact) mass is 554 g/mol. The molecule has 0 bridgehead atoms. The van der Waals surface area contributed by atoms with Crippen LogP contribution in [0.5, 0.6) is 0 Å². The number of nitrogens with one attached hydrogen (secondary N) is 1. The number of halogens is 3. The fourth-order valence-electron chi connectivity index (χ4n) is 6.51. The van der Waals surface area contributed by atoms with Gasteiger partial charge in [-0.05, 0) is 68.2 Å². The van der Waals surface area contributed by atoms with Crippen molar-refractivity contribution in [3.63, 3.8) is 0 Å². The van der Waals surface area contributed by atoms with Crippen molar-refractivity contribution < 1.29 is 18.7 Å². The molecule has 0 spiro atoms. The van der Waals surface area contributed by atoms with E-state index in [0.717, 1.165) is 37.5 Å². The van der Waals surface area contributed by atoms with E-state index in [9.17, 15) is 14.3 Å². The molecule has 2 aromatic carbocycles. The first kappa shape index (κ1) is 28.0. The summed E-state index contributed by atoms with van der Waals surface area (Å²) in [4.78, 5) is 16.9. The molecule has 1 heterocycles. The molecular weight excluding hydrogens is 518 g/mol. The molecule has 7 heteroatoms. The van der Waals surface area contributed by atoms with Gasteiger partial charge in [-0.25, -0.2) is 8.78 Å². The molecule has 0 saturated heterocycles. The maximum Gasteiger partial charge on any atom is 0.163 e. The number of benzene rings is 2. The first-order chi connectivity index (χ1) is 18.8. The standard InChI is InChI=1S/C32H37ClF2N2O2/c1-19(39)26-17-36-31-16-30(35)24(22-13-28(33)27(18-38)29(34)14-22)15-25(31)32(26)37-23-11-9-21(10-12-23)8-7-20-5-3-2-4-6-20/h13-17,20-21,23,38H,2-12,18H2,1H3,(H,36,37). The van der Waals surface area contributed by atoms with Crippen LogP contribution in [0.4, 0.5) is 14.5 Å². The minimum Gasteiger partial charge on any atom is -0.392 e. The Kier molecular flexibility index (Phi) is 8.82. The summed E-state index contributed by atoms with van der Waals surface area (Å²) in [5, 5.41) is 13.7. The summed E-state index contributed by atoms with van der Waals surface area (Å²) in [6.07, 6.45) is 15.5. The van der Waals surface area contributed by atoms with Gasteiger partial charge in [-0.2, -0.15) is 0 Å². The Labute approximate surface area is 234 Å². The van der Waals surface area contributed by atoms with Gasteiger partial charge >= 0.3 is 0 Å². The van der Waals surface area contributed by atoms with Crippen molar-refractivity contribution in [2.75, 3.05) is 5.32 Å². The number of nitrogens with zero attached hydrogens (tertiary/aromatic N) is 1. The average molecular weight is 555 g/mol. The van der Waals surface area contributed by atoms with Gasteiger partial charge in [0.15, 0.2) is 5.78 Å². The number of aliphatic hydroxyl groups is 1. The minimum atomic E-state index is -0.700. The molecular formula is C32H37ClF2N2O2. The molecule has 2 N–H and O–H groups in total. The van der Waals surface area contributed by atoms with Crippen LogP contribution in [0.1, 0.15) is 93.5 Å². The molecule has 2 aliphatic rings. The molecule has 0 radical (unpaired) electrons. The third-order valence-electron chi connectivity index (χ3n) is 8.85. The Bertz CT molecular complexity index is 1320. The molecule has 0 atom stereocenters. The van der Waals surface area contributed by atoms with Crippen molar-refractivity contribution in [2.45, 2.75) is 90.2 Å². The molecule has 3 aromatic rings. The lowest BCUT2D eigenvalue weighted by molar-refractivity contribution is 0.101. The fourth-order valence-corrected chi connectivity index (χ4v) is 6.78. The van der Waals surface area contributed by atoms with E-state index in [-0.39, 0.29) is 33.5 Å². The zero-order valence-corrected chi connectivity index (χ0v) is 23.3. The summed E-state index contributed by atoms with van der Waals surface area (Å²) in [6.45, 7) is 0.956. The number of hydrogen-bond acceptors (Lipinski definition) is 4. The van der Waals surface area contributed by atoms with Crippen molar-refractivity contribution in [1.29, 1.82) is 0 Å². The fraction of sp³-hybridized carbons (Fsp3) is 0.500. The molecule has 2 fully saturated rings. The Balaban J connectivity index is 1.39. The Morgan fingerprint density at radius 2 is 1.67 bits per heavy atom. The highest BCUT2D eigenvalue weighted by Gasteiger charge is 2.25. The maximum atomic E-state index is 15.2. The topological polar surface area (TPSA) is 62.2 Å². The number of anilines is 1. The number of carbonyl (C=O) groups is 1. The number of hydrogen-bond donors (Lipinski definition) is 2. The smallest absolute Gasteiger partial charge is 0.163 e. The van der Waals surface area contributed by atoms with Gasteiger partial charge in [-0.3, -0.25) is 9.78 Å². The van der Waals surface area contributed by atoms with Gasteiger partial charge in [0.1, 0.15) is 11.6 Å². The Morgan fingerprint density at radius 1 is 0.974 bits per heavy atom. The lowest BCUT2D eigenvalue weighted by Crippen LogP contribution is -2.27. The van der Waals surface area contributed by atoms with Crippen LogP contribution in [0, 0.1) is 23.5 Å². The highest BCUT2D eigenvalue weighted by molar-refractivity contribution is 6.31. The number of fused-ring (bicyclic) bond motifs is 1. The summed E-state index contributed by atoms with van der Waals surface area (Å²) >= 11 is 6.17. The van der Waals surface area contributed by atoms with Crippen molar-refractivity contribution >= 4 is 34.0 Å². The molecule has 1 aromatic heterocycles. The number of aromatic nitrogens is 1. The molecule has 2 saturated carbocycles. The second kappa shape index (κ2) is 12.3. The van der Waals surface area contributed by atoms with Crippen LogP contribution in [-0.4, -0.2) is 21.9 Å². The van der Waals surface area contributed by atoms with Crippen molar-refractivity contribution in [3.05, 3.63) is 58.2 Å². The highest BCUT2D eigenvalue weighted by Crippen LogP contribution is 2.38. The second-order valence-electron chi connectivity index (χ2n) is 11.5. The first-order valence-corrected chi connectivity index (χ1v) is 14.7. The van der Waals surface area contributed by atoms with E-state index in [1.54, 1.807) is 6.07 Å². The average Bonchev–Trinajstić information content (AvgIpc) is 2.92. The largest absolute Gasteiger partial charge is 0.392 e. The van der Waals surface area contributed by atoms with E-state index in [1.807, 2.05) is 0 Å². The van der Waals surface area contributed by atoms with Gasteiger partial charge < -0.3 is 10.4 Å². The van der Waals surface area contributed by atoms with Gasteiger partial charge in [-0.1, -0.05) is 56.5 Å². The van der Waals surface area contributed by atoms with Crippen LogP contribution < -0.4 is 5.32 Å². The number of carbonyl (C=O) groups excluding carboxylic acids is 1. The molecule has 5 rings (SSSR count). The number of aliphatic hydroxyl groups excluding tert-OH is 1. The van der Waals surface area contributed by atoms with Crippen LogP contribution in [0.3, 0.4) is 0 Å². The first-order valence-electron chi connectivity index (χ1n) is 14.3. The molecule has 0 amide bonds. The molecule has 0 aliphatic heterocycles. The zero-order chi connectivity index (χ0) is 27.5. The predicted octanol–water partition coefficient (Wildman–Crippen LogP) is 8.86. The summed E-state index contributed by atoms with van der Waals surface area (Å²) in [7, 11) is 0. The van der Waals surface area contributed by atoms with Crippen LogP contribution in [0.2, 0.25) is 5.02 Å². The van der Waals surface area contributed by atoms with E-state index in [1.165, 1.54) is 76.3 Å². The van der Waals surface area contributed by atoms with Crippen LogP contribution in [-0.2, 0) is 6.61 Å². The van der Waals surface area contributed by atoms with E-state index >= 15 is 4.39 Å². The third-order valence-corrected chi connectivity index (χ3v) is 9.19. The van der Waals surface area contributed by atoms with Crippen LogP contribution in [0.15, 0.2) is 30.5 Å². The van der Waals surface area contributed by atoms with Gasteiger partial charge in [0, 0.05) is 39.8 Å². The lowest BCUT2D eigenvalue weighted by atomic mass is 9.79. The Hall–Kier alpha value is -2.57. The highest BCUT2D eigenvalue weighted by atomic mass is 35.5. The molecule has 4 nitrogen and oxygen atoms in total. The number of pyridine rings is 1. The van der Waals surface area contributed by atoms with E-state index < -0.39 is 18.2 Å². The summed E-state index contributed by atoms with van der Waals surface area (Å²) in [5.41, 5.74) is 1.91. The summed E-state index contributed by atoms with van der Waals surface area (Å²) in [6, 6.07) is 5.76. The predicted molar refractivity (Wildman–Crippen MR) is 153 cm³/mol. The van der Waals surface area contributed by atoms with Gasteiger partial charge in [0.05, 0.1) is 23.4 Å². The van der Waals surface area contributed by atoms with E-state index in [0.29, 0.717) is 22.2 Å². The lowest BCUT2D eigenvalue weighted by Gasteiger charge is -2.32. The van der Waals surface area contributed by atoms with E-state index in [4.69, 9.17) is 11.6 Å². The summed E-state index contributed by atoms with van der Waals surface area (Å²) in [5.74, 6) is 0.276. The molecule has 39 heavy (non-hydrogen) atoms. The van der Waals surface area contributed by atoms with Gasteiger partial charge in [0.25, 0.3) is 0 Å². The number of Topliss-reactive ketones (excluding diaryl/α,β-unsaturated/α-hetero) is 1. The van der Waals surface area contributed by atoms with Gasteiger partial charge in [0.2, 0.25) is 0 Å². The number of rotatable bonds is 8. The molecule has 2 aliphatic carbocycles. The van der Waals surface area contributed by atoms with Crippen molar-refractivity contribution in [3.8, 4) is 11.1 Å². The van der Waals surface area contributed by atoms with Crippen LogP contribution in [0.25, 0.3) is 22.0 Å². The van der Waals surface area contributed by atoms with Gasteiger partial charge in [-0.15, -0.1) is 0 Å². The van der Waals surface area contributed by atoms with E-state index in [2.05, 4.69) is 10.3 Å². The SMILES string of the molecule is CC(=O)c1cnc2cc(F)c(-c3cc(F)c(CO)c(Cl)c3)cc2c1NC1CCC(CCC2CCCCC2)CC1. The quantitative estimate of drug-likeness (QED) is 0.273. The van der Waals surface area contributed by atoms with Crippen molar-refractivity contribution in [1.82, 2.24) is 4.98 Å². The molecule has 0 unspecified atom stereocenters.